The van der Waals surface area contributed by atoms with E-state index in [0.717, 1.165) is 17.0 Å². The summed E-state index contributed by atoms with van der Waals surface area (Å²) >= 11 is 0. The van der Waals surface area contributed by atoms with Gasteiger partial charge in [-0.1, -0.05) is 20.3 Å². The lowest BCUT2D eigenvalue weighted by Gasteiger charge is -2.20. The third-order valence-corrected chi connectivity index (χ3v) is 3.85. The van der Waals surface area contributed by atoms with Gasteiger partial charge in [-0.15, -0.1) is 0 Å². The summed E-state index contributed by atoms with van der Waals surface area (Å²) in [6, 6.07) is -1.36. The topological polar surface area (TPSA) is 96.3 Å². The maximum atomic E-state index is 11.9. The van der Waals surface area contributed by atoms with Gasteiger partial charge < -0.3 is 15.7 Å². The Hall–Kier alpha value is -2.05. The molecule has 0 aliphatic heterocycles. The van der Waals surface area contributed by atoms with Gasteiger partial charge in [-0.2, -0.15) is 5.10 Å². The smallest absolute Gasteiger partial charge is 0.326 e. The Morgan fingerprint density at radius 3 is 2.43 bits per heavy atom. The van der Waals surface area contributed by atoms with E-state index in [-0.39, 0.29) is 5.92 Å². The molecule has 1 rings (SSSR count). The van der Waals surface area contributed by atoms with E-state index in [2.05, 4.69) is 15.7 Å². The minimum Gasteiger partial charge on any atom is -0.480 e. The zero-order chi connectivity index (χ0) is 16.2. The van der Waals surface area contributed by atoms with E-state index in [9.17, 15) is 9.59 Å². The Morgan fingerprint density at radius 2 is 2.00 bits per heavy atom. The quantitative estimate of drug-likeness (QED) is 0.738. The van der Waals surface area contributed by atoms with Crippen molar-refractivity contribution in [2.24, 2.45) is 13.0 Å². The SMILES string of the molecule is CCC(C)C(NC(=O)NCc1c(C)nn(C)c1C)C(=O)O. The average molecular weight is 296 g/mol. The predicted octanol–water partition coefficient (Wildman–Crippen LogP) is 1.34. The molecule has 2 amide bonds. The normalized spacial score (nSPS) is 13.6. The van der Waals surface area contributed by atoms with E-state index >= 15 is 0 Å². The number of carboxylic acids is 1. The fraction of sp³-hybridized carbons (Fsp3) is 0.643. The summed E-state index contributed by atoms with van der Waals surface area (Å²) in [6.07, 6.45) is 0.679. The number of hydrogen-bond donors (Lipinski definition) is 3. The van der Waals surface area contributed by atoms with Gasteiger partial charge in [0.25, 0.3) is 0 Å². The molecule has 0 radical (unpaired) electrons. The first-order valence-electron chi connectivity index (χ1n) is 7.04. The molecule has 0 saturated carbocycles. The summed E-state index contributed by atoms with van der Waals surface area (Å²) in [5, 5.41) is 18.6. The first-order chi connectivity index (χ1) is 9.77. The van der Waals surface area contributed by atoms with Crippen molar-refractivity contribution in [3.8, 4) is 0 Å². The van der Waals surface area contributed by atoms with Gasteiger partial charge in [-0.25, -0.2) is 9.59 Å². The lowest BCUT2D eigenvalue weighted by Crippen LogP contribution is -2.48. The number of aromatic nitrogens is 2. The Balaban J connectivity index is 2.63. The molecule has 7 heteroatoms. The van der Waals surface area contributed by atoms with Crippen LogP contribution in [0.2, 0.25) is 0 Å². The Kier molecular flexibility index (Phi) is 5.75. The number of carboxylic acid groups (broad SMARTS) is 1. The third-order valence-electron chi connectivity index (χ3n) is 3.85. The van der Waals surface area contributed by atoms with E-state index < -0.39 is 18.0 Å². The number of amides is 2. The molecule has 1 aromatic rings. The van der Waals surface area contributed by atoms with E-state index in [1.807, 2.05) is 27.8 Å². The predicted molar refractivity (Wildman–Crippen MR) is 78.9 cm³/mol. The van der Waals surface area contributed by atoms with Crippen LogP contribution in [0.3, 0.4) is 0 Å². The number of aliphatic carboxylic acids is 1. The third kappa shape index (κ3) is 4.21. The van der Waals surface area contributed by atoms with E-state index in [4.69, 9.17) is 5.11 Å². The number of nitrogens with zero attached hydrogens (tertiary/aromatic N) is 2. The molecule has 2 unspecified atom stereocenters. The molecule has 0 aliphatic rings. The molecule has 0 fully saturated rings. The molecule has 0 saturated heterocycles. The number of urea groups is 1. The number of carbonyl (C=O) groups excluding carboxylic acids is 1. The number of nitrogens with one attached hydrogen (secondary N) is 2. The van der Waals surface area contributed by atoms with Crippen LogP contribution in [0.1, 0.15) is 37.2 Å². The van der Waals surface area contributed by atoms with Crippen LogP contribution in [0.15, 0.2) is 0 Å². The summed E-state index contributed by atoms with van der Waals surface area (Å²) in [5.74, 6) is -1.15. The molecule has 21 heavy (non-hydrogen) atoms. The van der Waals surface area contributed by atoms with Crippen molar-refractivity contribution >= 4 is 12.0 Å². The van der Waals surface area contributed by atoms with Crippen molar-refractivity contribution in [3.63, 3.8) is 0 Å². The molecular weight excluding hydrogens is 272 g/mol. The van der Waals surface area contributed by atoms with E-state index in [1.165, 1.54) is 0 Å². The zero-order valence-electron chi connectivity index (χ0n) is 13.2. The lowest BCUT2D eigenvalue weighted by atomic mass is 9.99. The van der Waals surface area contributed by atoms with E-state index in [1.54, 1.807) is 11.6 Å². The van der Waals surface area contributed by atoms with Gasteiger partial charge in [0, 0.05) is 24.8 Å². The molecule has 0 aromatic carbocycles. The second-order valence-corrected chi connectivity index (χ2v) is 5.30. The number of carbonyl (C=O) groups is 2. The molecule has 3 N–H and O–H groups in total. The standard InChI is InChI=1S/C14H24N4O3/c1-6-8(2)12(13(19)20)16-14(21)15-7-11-9(3)17-18(5)10(11)4/h8,12H,6-7H2,1-5H3,(H,19,20)(H2,15,16,21). The highest BCUT2D eigenvalue weighted by Crippen LogP contribution is 2.11. The summed E-state index contributed by atoms with van der Waals surface area (Å²) in [5.41, 5.74) is 2.78. The second kappa shape index (κ2) is 7.10. The van der Waals surface area contributed by atoms with E-state index in [0.29, 0.717) is 13.0 Å². The minimum absolute atomic E-state index is 0.130. The number of hydrogen-bond acceptors (Lipinski definition) is 3. The molecule has 118 valence electrons. The fourth-order valence-corrected chi connectivity index (χ4v) is 2.12. The first kappa shape index (κ1) is 17.0. The number of aryl methyl sites for hydroxylation is 2. The van der Waals surface area contributed by atoms with Crippen LogP contribution < -0.4 is 10.6 Å². The first-order valence-corrected chi connectivity index (χ1v) is 7.04. The molecule has 2 atom stereocenters. The van der Waals surface area contributed by atoms with Gasteiger partial charge in [-0.3, -0.25) is 4.68 Å². The van der Waals surface area contributed by atoms with Crippen molar-refractivity contribution in [1.29, 1.82) is 0 Å². The molecule has 0 bridgehead atoms. The summed E-state index contributed by atoms with van der Waals surface area (Å²) in [4.78, 5) is 23.0. The molecule has 0 aliphatic carbocycles. The molecule has 7 nitrogen and oxygen atoms in total. The highest BCUT2D eigenvalue weighted by molar-refractivity contribution is 5.82. The Bertz CT molecular complexity index is 525. The van der Waals surface area contributed by atoms with Gasteiger partial charge >= 0.3 is 12.0 Å². The monoisotopic (exact) mass is 296 g/mol. The highest BCUT2D eigenvalue weighted by atomic mass is 16.4. The van der Waals surface area contributed by atoms with Gasteiger partial charge in [-0.05, 0) is 19.8 Å². The largest absolute Gasteiger partial charge is 0.480 e. The molecule has 0 spiro atoms. The Morgan fingerprint density at radius 1 is 1.38 bits per heavy atom. The maximum absolute atomic E-state index is 11.9. The van der Waals surface area contributed by atoms with Crippen molar-refractivity contribution in [2.75, 3.05) is 0 Å². The molecule has 1 heterocycles. The van der Waals surface area contributed by atoms with Crippen LogP contribution >= 0.6 is 0 Å². The van der Waals surface area contributed by atoms with Crippen molar-refractivity contribution in [3.05, 3.63) is 17.0 Å². The van der Waals surface area contributed by atoms with Gasteiger partial charge in [0.2, 0.25) is 0 Å². The zero-order valence-corrected chi connectivity index (χ0v) is 13.2. The average Bonchev–Trinajstić information content (AvgIpc) is 2.66. The molecule has 1 aromatic heterocycles. The van der Waals surface area contributed by atoms with Crippen LogP contribution in [-0.2, 0) is 18.4 Å². The maximum Gasteiger partial charge on any atom is 0.326 e. The van der Waals surface area contributed by atoms with Crippen molar-refractivity contribution < 1.29 is 14.7 Å². The van der Waals surface area contributed by atoms with Crippen LogP contribution in [-0.4, -0.2) is 32.9 Å². The lowest BCUT2D eigenvalue weighted by molar-refractivity contribution is -0.140. The number of rotatable bonds is 6. The second-order valence-electron chi connectivity index (χ2n) is 5.30. The highest BCUT2D eigenvalue weighted by Gasteiger charge is 2.25. The minimum atomic E-state index is -1.02. The van der Waals surface area contributed by atoms with Gasteiger partial charge in [0.15, 0.2) is 0 Å². The summed E-state index contributed by atoms with van der Waals surface area (Å²) in [6.45, 7) is 7.82. The van der Waals surface area contributed by atoms with Crippen LogP contribution in [0.5, 0.6) is 0 Å². The summed E-state index contributed by atoms with van der Waals surface area (Å²) < 4.78 is 1.75. The van der Waals surface area contributed by atoms with Gasteiger partial charge in [0.1, 0.15) is 6.04 Å². The van der Waals surface area contributed by atoms with Crippen LogP contribution in [0.25, 0.3) is 0 Å². The Labute approximate surface area is 124 Å². The van der Waals surface area contributed by atoms with Crippen molar-refractivity contribution in [1.82, 2.24) is 20.4 Å². The van der Waals surface area contributed by atoms with Crippen molar-refractivity contribution in [2.45, 2.75) is 46.7 Å². The molecular formula is C14H24N4O3. The van der Waals surface area contributed by atoms with Gasteiger partial charge in [0.05, 0.1) is 5.69 Å². The van der Waals surface area contributed by atoms with Crippen LogP contribution in [0, 0.1) is 19.8 Å². The summed E-state index contributed by atoms with van der Waals surface area (Å²) in [7, 11) is 1.84. The van der Waals surface area contributed by atoms with Crippen LogP contribution in [0.4, 0.5) is 4.79 Å². The fourth-order valence-electron chi connectivity index (χ4n) is 2.12.